The standard InChI is InChI=1S/C14H19NO/c1-2-3-4-5-14(16)11-6-7-12-9-15-10-13(12)8-11/h6-8,15H,2-5,9-10H2,1H3. The van der Waals surface area contributed by atoms with Crippen LogP contribution in [-0.2, 0) is 13.1 Å². The molecule has 0 bridgehead atoms. The maximum atomic E-state index is 11.9. The van der Waals surface area contributed by atoms with E-state index in [0.29, 0.717) is 12.2 Å². The molecule has 1 N–H and O–H groups in total. The maximum absolute atomic E-state index is 11.9. The molecular formula is C14H19NO. The van der Waals surface area contributed by atoms with Crippen LogP contribution in [-0.4, -0.2) is 5.78 Å². The third-order valence-corrected chi connectivity index (χ3v) is 3.17. The molecule has 0 amide bonds. The summed E-state index contributed by atoms with van der Waals surface area (Å²) in [5, 5.41) is 3.29. The first-order valence-corrected chi connectivity index (χ1v) is 6.17. The zero-order valence-corrected chi connectivity index (χ0v) is 9.88. The van der Waals surface area contributed by atoms with Crippen LogP contribution in [0, 0.1) is 0 Å². The number of ketones is 1. The summed E-state index contributed by atoms with van der Waals surface area (Å²) in [6.07, 6.45) is 4.03. The Labute approximate surface area is 97.1 Å². The molecule has 0 unspecified atom stereocenters. The van der Waals surface area contributed by atoms with Gasteiger partial charge < -0.3 is 5.32 Å². The van der Waals surface area contributed by atoms with Crippen molar-refractivity contribution in [3.63, 3.8) is 0 Å². The van der Waals surface area contributed by atoms with Gasteiger partial charge >= 0.3 is 0 Å². The third kappa shape index (κ3) is 2.50. The van der Waals surface area contributed by atoms with E-state index in [2.05, 4.69) is 24.4 Å². The molecule has 1 aliphatic heterocycles. The molecule has 2 nitrogen and oxygen atoms in total. The number of hydrogen-bond acceptors (Lipinski definition) is 2. The Bertz CT molecular complexity index is 384. The van der Waals surface area contributed by atoms with E-state index in [1.165, 1.54) is 17.5 Å². The molecule has 16 heavy (non-hydrogen) atoms. The Morgan fingerprint density at radius 2 is 2.06 bits per heavy atom. The fraction of sp³-hybridized carbons (Fsp3) is 0.500. The van der Waals surface area contributed by atoms with E-state index in [-0.39, 0.29) is 0 Å². The Hall–Kier alpha value is -1.15. The number of nitrogens with one attached hydrogen (secondary N) is 1. The lowest BCUT2D eigenvalue weighted by molar-refractivity contribution is 0.0979. The molecule has 0 spiro atoms. The number of rotatable bonds is 5. The average Bonchev–Trinajstić information content (AvgIpc) is 2.76. The van der Waals surface area contributed by atoms with Crippen LogP contribution in [0.25, 0.3) is 0 Å². The molecule has 86 valence electrons. The topological polar surface area (TPSA) is 29.1 Å². The molecule has 2 rings (SSSR count). The maximum Gasteiger partial charge on any atom is 0.162 e. The summed E-state index contributed by atoms with van der Waals surface area (Å²) in [5.41, 5.74) is 3.52. The van der Waals surface area contributed by atoms with Crippen LogP contribution in [0.2, 0.25) is 0 Å². The Kier molecular flexibility index (Phi) is 3.73. The number of benzene rings is 1. The van der Waals surface area contributed by atoms with Crippen molar-refractivity contribution in [1.29, 1.82) is 0 Å². The molecule has 1 aromatic carbocycles. The van der Waals surface area contributed by atoms with E-state index in [1.807, 2.05) is 6.07 Å². The molecule has 0 radical (unpaired) electrons. The van der Waals surface area contributed by atoms with E-state index < -0.39 is 0 Å². The minimum atomic E-state index is 0.295. The van der Waals surface area contributed by atoms with Crippen molar-refractivity contribution < 1.29 is 4.79 Å². The lowest BCUT2D eigenvalue weighted by Gasteiger charge is -2.03. The molecule has 0 saturated carbocycles. The molecule has 1 heterocycles. The van der Waals surface area contributed by atoms with Gasteiger partial charge in [-0.15, -0.1) is 0 Å². The molecule has 0 aliphatic carbocycles. The summed E-state index contributed by atoms with van der Waals surface area (Å²) in [7, 11) is 0. The Balaban J connectivity index is 2.01. The fourth-order valence-corrected chi connectivity index (χ4v) is 2.15. The average molecular weight is 217 g/mol. The number of hydrogen-bond donors (Lipinski definition) is 1. The fourth-order valence-electron chi connectivity index (χ4n) is 2.15. The summed E-state index contributed by atoms with van der Waals surface area (Å²) in [5.74, 6) is 0.295. The van der Waals surface area contributed by atoms with Gasteiger partial charge in [0.2, 0.25) is 0 Å². The highest BCUT2D eigenvalue weighted by atomic mass is 16.1. The van der Waals surface area contributed by atoms with Crippen LogP contribution < -0.4 is 5.32 Å². The highest BCUT2D eigenvalue weighted by molar-refractivity contribution is 5.96. The zero-order chi connectivity index (χ0) is 11.4. The first kappa shape index (κ1) is 11.3. The van der Waals surface area contributed by atoms with Crippen molar-refractivity contribution >= 4 is 5.78 Å². The van der Waals surface area contributed by atoms with E-state index in [0.717, 1.165) is 31.5 Å². The third-order valence-electron chi connectivity index (χ3n) is 3.17. The normalized spacial score (nSPS) is 13.8. The quantitative estimate of drug-likeness (QED) is 0.606. The van der Waals surface area contributed by atoms with Crippen molar-refractivity contribution in [3.05, 3.63) is 34.9 Å². The second-order valence-corrected chi connectivity index (χ2v) is 4.47. The summed E-state index contributed by atoms with van der Waals surface area (Å²) >= 11 is 0. The number of carbonyl (C=O) groups excluding carboxylic acids is 1. The van der Waals surface area contributed by atoms with Crippen LogP contribution >= 0.6 is 0 Å². The highest BCUT2D eigenvalue weighted by Crippen LogP contribution is 2.18. The van der Waals surface area contributed by atoms with E-state index in [9.17, 15) is 4.79 Å². The predicted molar refractivity (Wildman–Crippen MR) is 65.5 cm³/mol. The second-order valence-electron chi connectivity index (χ2n) is 4.47. The molecule has 0 aromatic heterocycles. The molecule has 1 aliphatic rings. The van der Waals surface area contributed by atoms with Gasteiger partial charge in [-0.1, -0.05) is 31.9 Å². The van der Waals surface area contributed by atoms with Gasteiger partial charge in [-0.3, -0.25) is 4.79 Å². The van der Waals surface area contributed by atoms with Gasteiger partial charge in [0.05, 0.1) is 0 Å². The smallest absolute Gasteiger partial charge is 0.162 e. The van der Waals surface area contributed by atoms with Gasteiger partial charge in [0.15, 0.2) is 5.78 Å². The number of unbranched alkanes of at least 4 members (excludes halogenated alkanes) is 2. The Morgan fingerprint density at radius 3 is 2.88 bits per heavy atom. The molecule has 0 atom stereocenters. The van der Waals surface area contributed by atoms with Crippen LogP contribution in [0.15, 0.2) is 18.2 Å². The summed E-state index contributed by atoms with van der Waals surface area (Å²) < 4.78 is 0. The van der Waals surface area contributed by atoms with Crippen molar-refractivity contribution in [3.8, 4) is 0 Å². The summed E-state index contributed by atoms with van der Waals surface area (Å²) in [6, 6.07) is 6.12. The van der Waals surface area contributed by atoms with Gasteiger partial charge in [0.1, 0.15) is 0 Å². The van der Waals surface area contributed by atoms with Crippen LogP contribution in [0.5, 0.6) is 0 Å². The molecule has 0 saturated heterocycles. The number of fused-ring (bicyclic) bond motifs is 1. The second kappa shape index (κ2) is 5.26. The minimum absolute atomic E-state index is 0.295. The zero-order valence-electron chi connectivity index (χ0n) is 9.88. The van der Waals surface area contributed by atoms with Crippen LogP contribution in [0.1, 0.15) is 54.1 Å². The van der Waals surface area contributed by atoms with Crippen molar-refractivity contribution in [2.45, 2.75) is 45.7 Å². The molecule has 1 aromatic rings. The summed E-state index contributed by atoms with van der Waals surface area (Å²) in [4.78, 5) is 11.9. The highest BCUT2D eigenvalue weighted by Gasteiger charge is 2.12. The van der Waals surface area contributed by atoms with Gasteiger partial charge in [0.25, 0.3) is 0 Å². The number of Topliss-reactive ketones (excluding diaryl/α,β-unsaturated/α-hetero) is 1. The Morgan fingerprint density at radius 1 is 1.25 bits per heavy atom. The summed E-state index contributed by atoms with van der Waals surface area (Å²) in [6.45, 7) is 4.01. The van der Waals surface area contributed by atoms with Gasteiger partial charge in [-0.05, 0) is 23.6 Å². The SMILES string of the molecule is CCCCCC(=O)c1ccc2c(c1)CNC2. The van der Waals surface area contributed by atoms with Crippen molar-refractivity contribution in [1.82, 2.24) is 5.32 Å². The van der Waals surface area contributed by atoms with E-state index in [1.54, 1.807) is 0 Å². The van der Waals surface area contributed by atoms with Crippen LogP contribution in [0.4, 0.5) is 0 Å². The van der Waals surface area contributed by atoms with Crippen molar-refractivity contribution in [2.75, 3.05) is 0 Å². The first-order valence-electron chi connectivity index (χ1n) is 6.17. The van der Waals surface area contributed by atoms with Crippen molar-refractivity contribution in [2.24, 2.45) is 0 Å². The molecule has 0 fully saturated rings. The van der Waals surface area contributed by atoms with Gasteiger partial charge in [-0.2, -0.15) is 0 Å². The van der Waals surface area contributed by atoms with E-state index >= 15 is 0 Å². The van der Waals surface area contributed by atoms with Gasteiger partial charge in [-0.25, -0.2) is 0 Å². The van der Waals surface area contributed by atoms with Gasteiger partial charge in [0, 0.05) is 25.1 Å². The number of carbonyl (C=O) groups is 1. The lowest BCUT2D eigenvalue weighted by Crippen LogP contribution is -2.01. The molecular weight excluding hydrogens is 198 g/mol. The predicted octanol–water partition coefficient (Wildman–Crippen LogP) is 3.05. The molecule has 2 heteroatoms. The first-order chi connectivity index (χ1) is 7.81. The lowest BCUT2D eigenvalue weighted by atomic mass is 10.0. The van der Waals surface area contributed by atoms with E-state index in [4.69, 9.17) is 0 Å². The largest absolute Gasteiger partial charge is 0.309 e. The monoisotopic (exact) mass is 217 g/mol. The van der Waals surface area contributed by atoms with Crippen LogP contribution in [0.3, 0.4) is 0 Å². The minimum Gasteiger partial charge on any atom is -0.309 e.